The average molecular weight is 289 g/mol. The van der Waals surface area contributed by atoms with Gasteiger partial charge in [-0.25, -0.2) is 4.98 Å². The normalized spacial score (nSPS) is 12.4. The molecule has 0 saturated carbocycles. The van der Waals surface area contributed by atoms with E-state index in [2.05, 4.69) is 23.1 Å². The maximum atomic E-state index is 12.3. The maximum Gasteiger partial charge on any atom is 0.245 e. The first kappa shape index (κ1) is 15.3. The molecule has 0 N–H and O–H groups in total. The van der Waals surface area contributed by atoms with Crippen molar-refractivity contribution in [2.75, 3.05) is 13.6 Å². The number of hydrogen-bond acceptors (Lipinski definition) is 3. The Morgan fingerprint density at radius 1 is 1.43 bits per heavy atom. The van der Waals surface area contributed by atoms with Crippen LogP contribution in [0.25, 0.3) is 0 Å². The molecule has 1 amide bonds. The van der Waals surface area contributed by atoms with Crippen LogP contribution in [0.15, 0.2) is 24.8 Å². The molecular formula is C15H23N5O. The Labute approximate surface area is 125 Å². The number of aromatic nitrogens is 4. The van der Waals surface area contributed by atoms with E-state index >= 15 is 0 Å². The summed E-state index contributed by atoms with van der Waals surface area (Å²) >= 11 is 0. The summed E-state index contributed by atoms with van der Waals surface area (Å²) in [7, 11) is 1.84. The molecular weight excluding hydrogens is 266 g/mol. The van der Waals surface area contributed by atoms with Crippen LogP contribution in [0, 0.1) is 13.8 Å². The zero-order chi connectivity index (χ0) is 15.4. The van der Waals surface area contributed by atoms with Crippen molar-refractivity contribution in [3.8, 4) is 0 Å². The summed E-state index contributed by atoms with van der Waals surface area (Å²) in [5.41, 5.74) is 2.19. The number of rotatable bonds is 6. The highest BCUT2D eigenvalue weighted by atomic mass is 16.2. The lowest BCUT2D eigenvalue weighted by Gasteiger charge is -2.22. The van der Waals surface area contributed by atoms with E-state index in [-0.39, 0.29) is 11.9 Å². The van der Waals surface area contributed by atoms with Crippen LogP contribution in [0.5, 0.6) is 0 Å². The number of carbonyl (C=O) groups excluding carboxylic acids is 1. The Morgan fingerprint density at radius 2 is 2.19 bits per heavy atom. The summed E-state index contributed by atoms with van der Waals surface area (Å²) in [6.07, 6.45) is 6.06. The Hall–Kier alpha value is -2.11. The standard InChI is InChI=1S/C15H23N5O/c1-12-10-13(2)20(17-12)8-5-7-18(4)15(21)14(3)19-9-6-16-11-19/h6,9-11,14H,5,7-8H2,1-4H3/t14-/m0/s1. The largest absolute Gasteiger partial charge is 0.344 e. The van der Waals surface area contributed by atoms with Gasteiger partial charge in [0.2, 0.25) is 5.91 Å². The molecule has 0 radical (unpaired) electrons. The molecule has 2 aromatic heterocycles. The van der Waals surface area contributed by atoms with Gasteiger partial charge in [0.1, 0.15) is 6.04 Å². The minimum Gasteiger partial charge on any atom is -0.344 e. The third-order valence-corrected chi connectivity index (χ3v) is 3.67. The molecule has 2 rings (SSSR count). The van der Waals surface area contributed by atoms with Gasteiger partial charge in [0.05, 0.1) is 12.0 Å². The van der Waals surface area contributed by atoms with Crippen LogP contribution in [-0.2, 0) is 11.3 Å². The van der Waals surface area contributed by atoms with Crippen molar-refractivity contribution in [1.82, 2.24) is 24.2 Å². The first-order valence-electron chi connectivity index (χ1n) is 7.22. The van der Waals surface area contributed by atoms with Crippen molar-refractivity contribution in [3.05, 3.63) is 36.2 Å². The number of hydrogen-bond donors (Lipinski definition) is 0. The Bertz CT molecular complexity index is 587. The van der Waals surface area contributed by atoms with Gasteiger partial charge in [0.15, 0.2) is 0 Å². The van der Waals surface area contributed by atoms with E-state index in [1.807, 2.05) is 36.3 Å². The molecule has 21 heavy (non-hydrogen) atoms. The Morgan fingerprint density at radius 3 is 2.76 bits per heavy atom. The van der Waals surface area contributed by atoms with Crippen molar-refractivity contribution in [2.24, 2.45) is 0 Å². The SMILES string of the molecule is Cc1cc(C)n(CCCN(C)C(=O)[C@H](C)n2ccnc2)n1. The second kappa shape index (κ2) is 6.56. The topological polar surface area (TPSA) is 56.0 Å². The number of aryl methyl sites for hydroxylation is 3. The van der Waals surface area contributed by atoms with E-state index in [0.717, 1.165) is 30.9 Å². The minimum absolute atomic E-state index is 0.0985. The van der Waals surface area contributed by atoms with Crippen LogP contribution in [0.4, 0.5) is 0 Å². The van der Waals surface area contributed by atoms with Crippen molar-refractivity contribution in [1.29, 1.82) is 0 Å². The Balaban J connectivity index is 1.83. The van der Waals surface area contributed by atoms with Crippen molar-refractivity contribution in [3.63, 3.8) is 0 Å². The number of nitrogens with zero attached hydrogens (tertiary/aromatic N) is 5. The van der Waals surface area contributed by atoms with Gasteiger partial charge in [-0.05, 0) is 33.3 Å². The summed E-state index contributed by atoms with van der Waals surface area (Å²) in [5.74, 6) is 0.0985. The van der Waals surface area contributed by atoms with E-state index in [4.69, 9.17) is 0 Å². The highest BCUT2D eigenvalue weighted by molar-refractivity contribution is 5.79. The molecule has 0 aliphatic carbocycles. The molecule has 6 heteroatoms. The second-order valence-electron chi connectivity index (χ2n) is 5.45. The molecule has 0 unspecified atom stereocenters. The summed E-state index contributed by atoms with van der Waals surface area (Å²) in [4.78, 5) is 18.1. The van der Waals surface area contributed by atoms with Gasteiger partial charge in [-0.2, -0.15) is 5.10 Å². The van der Waals surface area contributed by atoms with Gasteiger partial charge in [-0.1, -0.05) is 0 Å². The Kier molecular flexibility index (Phi) is 4.77. The smallest absolute Gasteiger partial charge is 0.245 e. The van der Waals surface area contributed by atoms with Gasteiger partial charge in [0.25, 0.3) is 0 Å². The fourth-order valence-electron chi connectivity index (χ4n) is 2.41. The van der Waals surface area contributed by atoms with E-state index in [1.165, 1.54) is 0 Å². The third kappa shape index (κ3) is 3.71. The highest BCUT2D eigenvalue weighted by Gasteiger charge is 2.18. The molecule has 0 bridgehead atoms. The van der Waals surface area contributed by atoms with Gasteiger partial charge in [-0.15, -0.1) is 0 Å². The summed E-state index contributed by atoms with van der Waals surface area (Å²) < 4.78 is 3.81. The van der Waals surface area contributed by atoms with E-state index in [0.29, 0.717) is 0 Å². The van der Waals surface area contributed by atoms with Crippen LogP contribution in [-0.4, -0.2) is 43.7 Å². The molecule has 0 spiro atoms. The zero-order valence-corrected chi connectivity index (χ0v) is 13.2. The van der Waals surface area contributed by atoms with Crippen LogP contribution in [0.3, 0.4) is 0 Å². The summed E-state index contributed by atoms with van der Waals surface area (Å²) in [6.45, 7) is 7.48. The van der Waals surface area contributed by atoms with Crippen LogP contribution < -0.4 is 0 Å². The zero-order valence-electron chi connectivity index (χ0n) is 13.2. The quantitative estimate of drug-likeness (QED) is 0.815. The van der Waals surface area contributed by atoms with Gasteiger partial charge in [-0.3, -0.25) is 9.48 Å². The first-order chi connectivity index (χ1) is 9.99. The fraction of sp³-hybridized carbons (Fsp3) is 0.533. The van der Waals surface area contributed by atoms with E-state index in [9.17, 15) is 4.79 Å². The second-order valence-corrected chi connectivity index (χ2v) is 5.45. The van der Waals surface area contributed by atoms with E-state index in [1.54, 1.807) is 17.4 Å². The summed E-state index contributed by atoms with van der Waals surface area (Å²) in [6, 6.07) is 1.85. The molecule has 6 nitrogen and oxygen atoms in total. The predicted molar refractivity (Wildman–Crippen MR) is 80.9 cm³/mol. The predicted octanol–water partition coefficient (Wildman–Crippen LogP) is 1.81. The lowest BCUT2D eigenvalue weighted by molar-refractivity contribution is -0.133. The van der Waals surface area contributed by atoms with Crippen molar-refractivity contribution >= 4 is 5.91 Å². The highest BCUT2D eigenvalue weighted by Crippen LogP contribution is 2.09. The average Bonchev–Trinajstić information content (AvgIpc) is 3.07. The van der Waals surface area contributed by atoms with Gasteiger partial charge >= 0.3 is 0 Å². The van der Waals surface area contributed by atoms with Crippen LogP contribution in [0.2, 0.25) is 0 Å². The van der Waals surface area contributed by atoms with Crippen molar-refractivity contribution in [2.45, 2.75) is 39.8 Å². The van der Waals surface area contributed by atoms with Crippen molar-refractivity contribution < 1.29 is 4.79 Å². The molecule has 2 heterocycles. The molecule has 0 fully saturated rings. The molecule has 0 saturated heterocycles. The molecule has 114 valence electrons. The van der Waals surface area contributed by atoms with Crippen LogP contribution in [0.1, 0.15) is 30.8 Å². The fourth-order valence-corrected chi connectivity index (χ4v) is 2.41. The van der Waals surface area contributed by atoms with Gasteiger partial charge in [0, 0.05) is 38.2 Å². The lowest BCUT2D eigenvalue weighted by atomic mass is 10.2. The maximum absolute atomic E-state index is 12.3. The molecule has 2 aromatic rings. The minimum atomic E-state index is -0.216. The molecule has 0 aromatic carbocycles. The molecule has 0 aliphatic heterocycles. The number of likely N-dealkylation sites (N-methyl/N-ethyl adjacent to an activating group) is 1. The van der Waals surface area contributed by atoms with Crippen LogP contribution >= 0.6 is 0 Å². The van der Waals surface area contributed by atoms with E-state index < -0.39 is 0 Å². The molecule has 1 atom stereocenters. The molecule has 0 aliphatic rings. The summed E-state index contributed by atoms with van der Waals surface area (Å²) in [5, 5.41) is 4.43. The lowest BCUT2D eigenvalue weighted by Crippen LogP contribution is -2.34. The third-order valence-electron chi connectivity index (χ3n) is 3.67. The van der Waals surface area contributed by atoms with Gasteiger partial charge < -0.3 is 9.47 Å². The number of amides is 1. The number of carbonyl (C=O) groups is 1. The first-order valence-corrected chi connectivity index (χ1v) is 7.22. The number of imidazole rings is 1. The monoisotopic (exact) mass is 289 g/mol.